The summed E-state index contributed by atoms with van der Waals surface area (Å²) in [7, 11) is 4.41. The molecular formula is C22H18FN3O5. The van der Waals surface area contributed by atoms with Crippen LogP contribution in [0.4, 0.5) is 4.39 Å². The maximum atomic E-state index is 13.3. The lowest BCUT2D eigenvalue weighted by Gasteiger charge is -2.14. The molecule has 0 aliphatic rings. The van der Waals surface area contributed by atoms with Gasteiger partial charge in [-0.05, 0) is 42.0 Å². The number of H-pyrrole nitrogens is 2. The number of methoxy groups -OCH3 is 3. The monoisotopic (exact) mass is 423 g/mol. The summed E-state index contributed by atoms with van der Waals surface area (Å²) >= 11 is 0. The summed E-state index contributed by atoms with van der Waals surface area (Å²) in [6, 6.07) is 8.41. The Morgan fingerprint density at radius 3 is 2.23 bits per heavy atom. The molecule has 0 aliphatic heterocycles. The van der Waals surface area contributed by atoms with Gasteiger partial charge in [0.1, 0.15) is 11.5 Å². The van der Waals surface area contributed by atoms with E-state index in [1.165, 1.54) is 51.9 Å². The van der Waals surface area contributed by atoms with Crippen molar-refractivity contribution in [2.24, 2.45) is 0 Å². The lowest BCUT2D eigenvalue weighted by atomic mass is 9.97. The molecule has 0 amide bonds. The Hall–Kier alpha value is -4.14. The van der Waals surface area contributed by atoms with E-state index < -0.39 is 17.2 Å². The van der Waals surface area contributed by atoms with Gasteiger partial charge in [0.25, 0.3) is 5.56 Å². The van der Waals surface area contributed by atoms with E-state index in [4.69, 9.17) is 14.2 Å². The van der Waals surface area contributed by atoms with Crippen LogP contribution < -0.4 is 19.8 Å². The third kappa shape index (κ3) is 3.39. The number of rotatable bonds is 6. The zero-order valence-corrected chi connectivity index (χ0v) is 16.9. The molecule has 0 radical (unpaired) electrons. The quantitative estimate of drug-likeness (QED) is 0.461. The summed E-state index contributed by atoms with van der Waals surface area (Å²) in [5.41, 5.74) is 0.974. The van der Waals surface area contributed by atoms with Crippen molar-refractivity contribution < 1.29 is 23.4 Å². The van der Waals surface area contributed by atoms with Gasteiger partial charge in [0.2, 0.25) is 11.5 Å². The number of ether oxygens (including phenoxy) is 3. The second kappa shape index (κ2) is 7.94. The highest BCUT2D eigenvalue weighted by atomic mass is 19.1. The number of halogens is 1. The maximum absolute atomic E-state index is 13.3. The van der Waals surface area contributed by atoms with Gasteiger partial charge in [0, 0.05) is 11.1 Å². The molecule has 0 saturated heterocycles. The van der Waals surface area contributed by atoms with Gasteiger partial charge in [-0.2, -0.15) is 0 Å². The smallest absolute Gasteiger partial charge is 0.260 e. The molecule has 9 heteroatoms. The Kier molecular flexibility index (Phi) is 5.16. The Bertz CT molecular complexity index is 1320. The van der Waals surface area contributed by atoms with Crippen molar-refractivity contribution in [3.05, 3.63) is 70.2 Å². The van der Waals surface area contributed by atoms with Crippen molar-refractivity contribution in [3.63, 3.8) is 0 Å². The van der Waals surface area contributed by atoms with Gasteiger partial charge in [0.05, 0.1) is 38.7 Å². The van der Waals surface area contributed by atoms with Gasteiger partial charge in [-0.1, -0.05) is 0 Å². The second-order valence-corrected chi connectivity index (χ2v) is 6.58. The molecule has 0 aliphatic carbocycles. The summed E-state index contributed by atoms with van der Waals surface area (Å²) in [4.78, 5) is 35.6. The molecule has 0 atom stereocenters. The van der Waals surface area contributed by atoms with E-state index in [1.54, 1.807) is 12.1 Å². The lowest BCUT2D eigenvalue weighted by molar-refractivity contribution is 0.103. The SMILES string of the molecule is COc1cc(-c2c(C(=O)c3ccc(F)cc3)[nH]c3nc[nH]c(=O)c23)cc(OC)c1OC. The average molecular weight is 423 g/mol. The molecule has 2 aromatic heterocycles. The zero-order valence-electron chi connectivity index (χ0n) is 16.9. The minimum atomic E-state index is -0.462. The van der Waals surface area contributed by atoms with E-state index in [0.29, 0.717) is 28.4 Å². The van der Waals surface area contributed by atoms with Gasteiger partial charge in [-0.15, -0.1) is 0 Å². The molecule has 2 heterocycles. The normalized spacial score (nSPS) is 10.8. The molecule has 0 bridgehead atoms. The molecule has 0 saturated carbocycles. The highest BCUT2D eigenvalue weighted by molar-refractivity contribution is 6.16. The highest BCUT2D eigenvalue weighted by Gasteiger charge is 2.25. The first-order valence-corrected chi connectivity index (χ1v) is 9.18. The van der Waals surface area contributed by atoms with E-state index in [9.17, 15) is 14.0 Å². The van der Waals surface area contributed by atoms with Crippen molar-refractivity contribution in [3.8, 4) is 28.4 Å². The van der Waals surface area contributed by atoms with E-state index in [1.807, 2.05) is 0 Å². The van der Waals surface area contributed by atoms with E-state index in [2.05, 4.69) is 15.0 Å². The summed E-state index contributed by atoms with van der Waals surface area (Å²) in [5.74, 6) is 0.183. The van der Waals surface area contributed by atoms with Crippen LogP contribution in [0.25, 0.3) is 22.2 Å². The number of nitrogens with zero attached hydrogens (tertiary/aromatic N) is 1. The number of hydrogen-bond donors (Lipinski definition) is 2. The molecule has 0 unspecified atom stereocenters. The number of fused-ring (bicyclic) bond motifs is 1. The zero-order chi connectivity index (χ0) is 22.1. The van der Waals surface area contributed by atoms with Crippen molar-refractivity contribution in [2.45, 2.75) is 0 Å². The van der Waals surface area contributed by atoms with Crippen LogP contribution in [0.5, 0.6) is 17.2 Å². The van der Waals surface area contributed by atoms with Gasteiger partial charge in [0.15, 0.2) is 11.5 Å². The minimum absolute atomic E-state index is 0.125. The summed E-state index contributed by atoms with van der Waals surface area (Å²) in [6.45, 7) is 0. The van der Waals surface area contributed by atoms with Crippen LogP contribution in [0.2, 0.25) is 0 Å². The van der Waals surface area contributed by atoms with Crippen LogP contribution in [-0.4, -0.2) is 42.1 Å². The highest BCUT2D eigenvalue weighted by Crippen LogP contribution is 2.43. The topological polar surface area (TPSA) is 106 Å². The fourth-order valence-corrected chi connectivity index (χ4v) is 3.46. The molecule has 0 fully saturated rings. The van der Waals surface area contributed by atoms with Crippen LogP contribution in [-0.2, 0) is 0 Å². The third-order valence-electron chi connectivity index (χ3n) is 4.88. The van der Waals surface area contributed by atoms with Crippen LogP contribution in [0.3, 0.4) is 0 Å². The van der Waals surface area contributed by atoms with Crippen LogP contribution >= 0.6 is 0 Å². The summed E-state index contributed by atoms with van der Waals surface area (Å²) < 4.78 is 29.5. The van der Waals surface area contributed by atoms with Crippen molar-refractivity contribution in [1.82, 2.24) is 15.0 Å². The van der Waals surface area contributed by atoms with Gasteiger partial charge < -0.3 is 24.2 Å². The minimum Gasteiger partial charge on any atom is -0.493 e. The number of nitrogens with one attached hydrogen (secondary N) is 2. The van der Waals surface area contributed by atoms with Gasteiger partial charge >= 0.3 is 0 Å². The van der Waals surface area contributed by atoms with Gasteiger partial charge in [-0.25, -0.2) is 9.37 Å². The molecule has 4 aromatic rings. The second-order valence-electron chi connectivity index (χ2n) is 6.58. The molecule has 8 nitrogen and oxygen atoms in total. The number of carbonyl (C=O) groups excluding carboxylic acids is 1. The average Bonchev–Trinajstić information content (AvgIpc) is 3.19. The van der Waals surface area contributed by atoms with Crippen molar-refractivity contribution in [2.75, 3.05) is 21.3 Å². The first kappa shape index (κ1) is 20.1. The fourth-order valence-electron chi connectivity index (χ4n) is 3.46. The number of ketones is 1. The van der Waals surface area contributed by atoms with Gasteiger partial charge in [-0.3, -0.25) is 9.59 Å². The molecular weight excluding hydrogens is 405 g/mol. The standard InChI is InChI=1S/C22H18FN3O5/c1-29-14-8-12(9-15(30-2)20(14)31-3)16-17-21(24-10-25-22(17)28)26-18(16)19(27)11-4-6-13(23)7-5-11/h4-10H,1-3H3,(H2,24,25,26,28). The van der Waals surface area contributed by atoms with E-state index >= 15 is 0 Å². The number of benzene rings is 2. The fraction of sp³-hybridized carbons (Fsp3) is 0.136. The molecule has 158 valence electrons. The maximum Gasteiger partial charge on any atom is 0.260 e. The Morgan fingerprint density at radius 2 is 1.65 bits per heavy atom. The molecule has 2 aromatic carbocycles. The number of carbonyl (C=O) groups is 1. The molecule has 4 rings (SSSR count). The Morgan fingerprint density at radius 1 is 1.00 bits per heavy atom. The van der Waals surface area contributed by atoms with Crippen molar-refractivity contribution >= 4 is 16.8 Å². The first-order chi connectivity index (χ1) is 15.0. The molecule has 2 N–H and O–H groups in total. The predicted molar refractivity (Wildman–Crippen MR) is 112 cm³/mol. The van der Waals surface area contributed by atoms with E-state index in [0.717, 1.165) is 0 Å². The van der Waals surface area contributed by atoms with Crippen LogP contribution in [0.1, 0.15) is 16.1 Å². The Balaban J connectivity index is 2.04. The van der Waals surface area contributed by atoms with Crippen LogP contribution in [0.15, 0.2) is 47.5 Å². The molecule has 31 heavy (non-hydrogen) atoms. The largest absolute Gasteiger partial charge is 0.493 e. The molecule has 0 spiro atoms. The lowest BCUT2D eigenvalue weighted by Crippen LogP contribution is -2.07. The Labute approximate surface area is 175 Å². The summed E-state index contributed by atoms with van der Waals surface area (Å²) in [5, 5.41) is 0.197. The summed E-state index contributed by atoms with van der Waals surface area (Å²) in [6.07, 6.45) is 1.24. The van der Waals surface area contributed by atoms with Crippen molar-refractivity contribution in [1.29, 1.82) is 0 Å². The third-order valence-corrected chi connectivity index (χ3v) is 4.88. The first-order valence-electron chi connectivity index (χ1n) is 9.18. The van der Waals surface area contributed by atoms with Crippen LogP contribution in [0, 0.1) is 5.82 Å². The number of aromatic amines is 2. The predicted octanol–water partition coefficient (Wildman–Crippen LogP) is 3.31. The number of hydrogen-bond acceptors (Lipinski definition) is 6. The number of aromatic nitrogens is 3. The van der Waals surface area contributed by atoms with E-state index in [-0.39, 0.29) is 22.3 Å².